The fraction of sp³-hybridized carbons (Fsp3) is 0.409. The third-order valence-electron chi connectivity index (χ3n) is 5.20. The van der Waals surface area contributed by atoms with Gasteiger partial charge in [-0.15, -0.1) is 0 Å². The Balaban J connectivity index is 1.50. The molecule has 0 atom stereocenters. The molecule has 1 aliphatic rings. The average molecular weight is 412 g/mol. The van der Waals surface area contributed by atoms with E-state index < -0.39 is 0 Å². The number of carbonyl (C=O) groups is 3. The summed E-state index contributed by atoms with van der Waals surface area (Å²) < 4.78 is 5.17. The lowest BCUT2D eigenvalue weighted by atomic mass is 10.1. The molecule has 3 rings (SSSR count). The van der Waals surface area contributed by atoms with Gasteiger partial charge in [0.1, 0.15) is 0 Å². The number of hydrogen-bond donors (Lipinski definition) is 1. The molecule has 0 radical (unpaired) electrons. The van der Waals surface area contributed by atoms with Gasteiger partial charge < -0.3 is 19.5 Å². The molecule has 0 unspecified atom stereocenters. The molecule has 30 heavy (non-hydrogen) atoms. The molecular weight excluding hydrogens is 384 g/mol. The van der Waals surface area contributed by atoms with E-state index in [1.807, 2.05) is 18.7 Å². The zero-order chi connectivity index (χ0) is 21.5. The van der Waals surface area contributed by atoms with Crippen LogP contribution in [0, 0.1) is 0 Å². The van der Waals surface area contributed by atoms with Gasteiger partial charge in [0.2, 0.25) is 5.91 Å². The van der Waals surface area contributed by atoms with Gasteiger partial charge in [0, 0.05) is 50.5 Å². The van der Waals surface area contributed by atoms with Crippen LogP contribution in [-0.2, 0) is 4.79 Å². The number of rotatable bonds is 7. The van der Waals surface area contributed by atoms with E-state index in [-0.39, 0.29) is 24.3 Å². The summed E-state index contributed by atoms with van der Waals surface area (Å²) in [6.07, 6.45) is 1.48. The molecule has 1 saturated heterocycles. The SMILES string of the molecule is CCN(CC)C(=O)c1cccc(NC(=O)CN2CCN(C(=O)c3ccco3)CC2)c1. The molecule has 1 fully saturated rings. The summed E-state index contributed by atoms with van der Waals surface area (Å²) in [6, 6.07) is 10.4. The third-order valence-corrected chi connectivity index (χ3v) is 5.20. The van der Waals surface area contributed by atoms with Crippen LogP contribution in [-0.4, -0.2) is 78.2 Å². The normalized spacial score (nSPS) is 14.4. The molecule has 0 spiro atoms. The maximum absolute atomic E-state index is 12.5. The molecule has 2 aromatic rings. The van der Waals surface area contributed by atoms with Crippen molar-refractivity contribution in [1.82, 2.24) is 14.7 Å². The van der Waals surface area contributed by atoms with Crippen molar-refractivity contribution in [3.63, 3.8) is 0 Å². The number of piperazine rings is 1. The summed E-state index contributed by atoms with van der Waals surface area (Å²) in [7, 11) is 0. The molecule has 160 valence electrons. The first-order valence-electron chi connectivity index (χ1n) is 10.3. The summed E-state index contributed by atoms with van der Waals surface area (Å²) in [6.45, 7) is 7.70. The Hall–Kier alpha value is -3.13. The maximum atomic E-state index is 12.5. The van der Waals surface area contributed by atoms with Crippen LogP contribution in [0.4, 0.5) is 5.69 Å². The number of anilines is 1. The molecule has 1 N–H and O–H groups in total. The minimum absolute atomic E-state index is 0.0477. The second-order valence-electron chi connectivity index (χ2n) is 7.15. The number of benzene rings is 1. The number of nitrogens with zero attached hydrogens (tertiary/aromatic N) is 3. The molecule has 0 saturated carbocycles. The Morgan fingerprint density at radius 2 is 1.77 bits per heavy atom. The molecular formula is C22H28N4O4. The molecule has 8 heteroatoms. The summed E-state index contributed by atoms with van der Waals surface area (Å²) in [4.78, 5) is 42.8. The maximum Gasteiger partial charge on any atom is 0.289 e. The van der Waals surface area contributed by atoms with E-state index in [4.69, 9.17) is 4.42 Å². The Morgan fingerprint density at radius 1 is 1.03 bits per heavy atom. The van der Waals surface area contributed by atoms with Crippen molar-refractivity contribution in [3.8, 4) is 0 Å². The average Bonchev–Trinajstić information content (AvgIpc) is 3.29. The van der Waals surface area contributed by atoms with Gasteiger partial charge in [-0.1, -0.05) is 6.07 Å². The van der Waals surface area contributed by atoms with Crippen molar-refractivity contribution < 1.29 is 18.8 Å². The van der Waals surface area contributed by atoms with Gasteiger partial charge in [0.15, 0.2) is 5.76 Å². The molecule has 1 aromatic carbocycles. The first kappa shape index (κ1) is 21.6. The molecule has 8 nitrogen and oxygen atoms in total. The van der Waals surface area contributed by atoms with Crippen LogP contribution >= 0.6 is 0 Å². The number of carbonyl (C=O) groups excluding carboxylic acids is 3. The van der Waals surface area contributed by atoms with E-state index in [9.17, 15) is 14.4 Å². The molecule has 0 bridgehead atoms. The number of amides is 3. The van der Waals surface area contributed by atoms with Crippen LogP contribution in [0.5, 0.6) is 0 Å². The molecule has 0 aliphatic carbocycles. The van der Waals surface area contributed by atoms with E-state index in [2.05, 4.69) is 5.32 Å². The summed E-state index contributed by atoms with van der Waals surface area (Å²) in [5, 5.41) is 2.87. The predicted octanol–water partition coefficient (Wildman–Crippen LogP) is 2.16. The fourth-order valence-electron chi connectivity index (χ4n) is 3.49. The lowest BCUT2D eigenvalue weighted by molar-refractivity contribution is -0.117. The van der Waals surface area contributed by atoms with Gasteiger partial charge in [-0.05, 0) is 44.2 Å². The van der Waals surface area contributed by atoms with E-state index >= 15 is 0 Å². The van der Waals surface area contributed by atoms with Crippen LogP contribution in [0.2, 0.25) is 0 Å². The fourth-order valence-corrected chi connectivity index (χ4v) is 3.49. The van der Waals surface area contributed by atoms with Gasteiger partial charge in [-0.2, -0.15) is 0 Å². The Morgan fingerprint density at radius 3 is 2.40 bits per heavy atom. The largest absolute Gasteiger partial charge is 0.459 e. The van der Waals surface area contributed by atoms with Crippen molar-refractivity contribution >= 4 is 23.4 Å². The zero-order valence-corrected chi connectivity index (χ0v) is 17.5. The Labute approximate surface area is 176 Å². The highest BCUT2D eigenvalue weighted by molar-refractivity contribution is 5.97. The highest BCUT2D eigenvalue weighted by Crippen LogP contribution is 2.14. The first-order chi connectivity index (χ1) is 14.5. The molecule has 1 aromatic heterocycles. The zero-order valence-electron chi connectivity index (χ0n) is 17.5. The van der Waals surface area contributed by atoms with Crippen molar-refractivity contribution in [3.05, 3.63) is 54.0 Å². The van der Waals surface area contributed by atoms with Crippen molar-refractivity contribution in [2.24, 2.45) is 0 Å². The monoisotopic (exact) mass is 412 g/mol. The van der Waals surface area contributed by atoms with Crippen molar-refractivity contribution in [2.75, 3.05) is 51.1 Å². The Bertz CT molecular complexity index is 869. The van der Waals surface area contributed by atoms with Crippen LogP contribution in [0.25, 0.3) is 0 Å². The van der Waals surface area contributed by atoms with E-state index in [0.717, 1.165) is 0 Å². The van der Waals surface area contributed by atoms with Gasteiger partial charge in [-0.3, -0.25) is 19.3 Å². The van der Waals surface area contributed by atoms with Crippen LogP contribution in [0.3, 0.4) is 0 Å². The number of nitrogens with one attached hydrogen (secondary N) is 1. The van der Waals surface area contributed by atoms with Crippen molar-refractivity contribution in [2.45, 2.75) is 13.8 Å². The number of furan rings is 1. The van der Waals surface area contributed by atoms with E-state index in [1.165, 1.54) is 6.26 Å². The predicted molar refractivity (Wildman–Crippen MR) is 113 cm³/mol. The number of hydrogen-bond acceptors (Lipinski definition) is 5. The summed E-state index contributed by atoms with van der Waals surface area (Å²) in [5.41, 5.74) is 1.16. The van der Waals surface area contributed by atoms with Crippen LogP contribution in [0.1, 0.15) is 34.8 Å². The second-order valence-corrected chi connectivity index (χ2v) is 7.15. The summed E-state index contributed by atoms with van der Waals surface area (Å²) >= 11 is 0. The van der Waals surface area contributed by atoms with Gasteiger partial charge in [0.05, 0.1) is 12.8 Å². The van der Waals surface area contributed by atoms with Gasteiger partial charge in [-0.25, -0.2) is 0 Å². The topological polar surface area (TPSA) is 86.1 Å². The minimum atomic E-state index is -0.145. The van der Waals surface area contributed by atoms with Gasteiger partial charge in [0.25, 0.3) is 11.8 Å². The first-order valence-corrected chi connectivity index (χ1v) is 10.3. The Kier molecular flexibility index (Phi) is 7.24. The smallest absolute Gasteiger partial charge is 0.289 e. The minimum Gasteiger partial charge on any atom is -0.459 e. The second kappa shape index (κ2) is 10.1. The third kappa shape index (κ3) is 5.27. The van der Waals surface area contributed by atoms with Crippen molar-refractivity contribution in [1.29, 1.82) is 0 Å². The molecule has 2 heterocycles. The van der Waals surface area contributed by atoms with Gasteiger partial charge >= 0.3 is 0 Å². The lowest BCUT2D eigenvalue weighted by Crippen LogP contribution is -2.50. The quantitative estimate of drug-likeness (QED) is 0.753. The highest BCUT2D eigenvalue weighted by Gasteiger charge is 2.24. The van der Waals surface area contributed by atoms with E-state index in [1.54, 1.807) is 46.2 Å². The summed E-state index contributed by atoms with van der Waals surface area (Å²) in [5.74, 6) is 0.0146. The van der Waals surface area contributed by atoms with E-state index in [0.29, 0.717) is 56.3 Å². The van der Waals surface area contributed by atoms with Crippen LogP contribution < -0.4 is 5.32 Å². The standard InChI is InChI=1S/C22H28N4O4/c1-3-25(4-2)21(28)17-7-5-8-18(15-17)23-20(27)16-24-10-12-26(13-11-24)22(29)19-9-6-14-30-19/h5-9,14-15H,3-4,10-13,16H2,1-2H3,(H,23,27). The lowest BCUT2D eigenvalue weighted by Gasteiger charge is -2.33. The van der Waals surface area contributed by atoms with Crippen LogP contribution in [0.15, 0.2) is 47.1 Å². The molecule has 3 amide bonds. The highest BCUT2D eigenvalue weighted by atomic mass is 16.3. The molecule has 1 aliphatic heterocycles.